The largest absolute Gasteiger partial charge is 0.391 e. The van der Waals surface area contributed by atoms with Crippen LogP contribution in [0.15, 0.2) is 29.2 Å². The number of sulfonamides is 1. The van der Waals surface area contributed by atoms with E-state index < -0.39 is 16.1 Å². The fraction of sp³-hybridized carbons (Fsp3) is 0.632. The maximum atomic E-state index is 12.6. The highest BCUT2D eigenvalue weighted by Crippen LogP contribution is 2.21. The Morgan fingerprint density at radius 2 is 1.82 bits per heavy atom. The number of nitrogens with zero attached hydrogens (tertiary/aromatic N) is 1. The van der Waals surface area contributed by atoms with E-state index in [1.807, 2.05) is 0 Å². The highest BCUT2D eigenvalue weighted by atomic mass is 35.5. The monoisotopic (exact) mass is 431 g/mol. The summed E-state index contributed by atoms with van der Waals surface area (Å²) in [7, 11) is -3.41. The van der Waals surface area contributed by atoms with Crippen molar-refractivity contribution in [1.29, 1.82) is 0 Å². The molecule has 28 heavy (non-hydrogen) atoms. The molecule has 0 aliphatic carbocycles. The van der Waals surface area contributed by atoms with E-state index in [0.29, 0.717) is 50.5 Å². The number of benzene rings is 1. The van der Waals surface area contributed by atoms with E-state index in [1.165, 1.54) is 0 Å². The number of amides is 1. The van der Waals surface area contributed by atoms with Crippen LogP contribution in [0.1, 0.15) is 31.2 Å². The SMILES string of the molecule is Cl.O=C(CCc1ccc(S(=O)(=O)N2CCCCC2)cc1)NCC1CNCC1O. The van der Waals surface area contributed by atoms with Crippen molar-refractivity contribution in [3.63, 3.8) is 0 Å². The molecule has 0 aromatic heterocycles. The topological polar surface area (TPSA) is 98.7 Å². The fourth-order valence-electron chi connectivity index (χ4n) is 3.60. The van der Waals surface area contributed by atoms with Crippen LogP contribution in [-0.2, 0) is 21.2 Å². The van der Waals surface area contributed by atoms with Crippen molar-refractivity contribution in [2.45, 2.75) is 43.1 Å². The van der Waals surface area contributed by atoms with Crippen LogP contribution in [0.2, 0.25) is 0 Å². The number of aryl methyl sites for hydroxylation is 1. The Kier molecular flexibility index (Phi) is 8.70. The molecule has 2 aliphatic rings. The van der Waals surface area contributed by atoms with Crippen molar-refractivity contribution in [3.05, 3.63) is 29.8 Å². The highest BCUT2D eigenvalue weighted by molar-refractivity contribution is 7.89. The van der Waals surface area contributed by atoms with Crippen LogP contribution in [0, 0.1) is 5.92 Å². The number of nitrogens with one attached hydrogen (secondary N) is 2. The molecule has 0 bridgehead atoms. The van der Waals surface area contributed by atoms with Gasteiger partial charge in [0.15, 0.2) is 0 Å². The van der Waals surface area contributed by atoms with Gasteiger partial charge in [0.25, 0.3) is 0 Å². The molecule has 1 amide bonds. The maximum absolute atomic E-state index is 12.6. The summed E-state index contributed by atoms with van der Waals surface area (Å²) in [6.07, 6.45) is 3.42. The van der Waals surface area contributed by atoms with Crippen LogP contribution in [0.25, 0.3) is 0 Å². The molecule has 7 nitrogen and oxygen atoms in total. The molecule has 0 spiro atoms. The number of carbonyl (C=O) groups is 1. The third-order valence-corrected chi connectivity index (χ3v) is 7.30. The van der Waals surface area contributed by atoms with Gasteiger partial charge in [-0.05, 0) is 37.0 Å². The lowest BCUT2D eigenvalue weighted by Crippen LogP contribution is -2.35. The molecular formula is C19H30ClN3O4S. The summed E-state index contributed by atoms with van der Waals surface area (Å²) in [5, 5.41) is 15.7. The third-order valence-electron chi connectivity index (χ3n) is 5.38. The van der Waals surface area contributed by atoms with E-state index in [9.17, 15) is 18.3 Å². The Labute approximate surface area is 173 Å². The molecule has 2 saturated heterocycles. The zero-order valence-corrected chi connectivity index (χ0v) is 17.6. The molecule has 158 valence electrons. The number of halogens is 1. The molecule has 0 saturated carbocycles. The molecule has 2 unspecified atom stereocenters. The van der Waals surface area contributed by atoms with E-state index >= 15 is 0 Å². The van der Waals surface area contributed by atoms with Crippen LogP contribution >= 0.6 is 12.4 Å². The van der Waals surface area contributed by atoms with Crippen LogP contribution in [-0.4, -0.2) is 62.6 Å². The fourth-order valence-corrected chi connectivity index (χ4v) is 5.12. The van der Waals surface area contributed by atoms with Crippen molar-refractivity contribution in [2.75, 3.05) is 32.7 Å². The molecule has 0 radical (unpaired) electrons. The first-order chi connectivity index (χ1) is 13.0. The molecular weight excluding hydrogens is 402 g/mol. The Morgan fingerprint density at radius 1 is 1.14 bits per heavy atom. The predicted molar refractivity (Wildman–Crippen MR) is 110 cm³/mol. The minimum absolute atomic E-state index is 0. The second kappa shape index (κ2) is 10.5. The van der Waals surface area contributed by atoms with E-state index in [2.05, 4.69) is 10.6 Å². The van der Waals surface area contributed by atoms with Crippen molar-refractivity contribution in [1.82, 2.24) is 14.9 Å². The van der Waals surface area contributed by atoms with Gasteiger partial charge in [0.05, 0.1) is 11.0 Å². The van der Waals surface area contributed by atoms with E-state index in [-0.39, 0.29) is 24.2 Å². The van der Waals surface area contributed by atoms with Crippen LogP contribution < -0.4 is 10.6 Å². The number of β-amino-alcohol motifs (C(OH)–C–C–N with tert-alkyl or cyclic N) is 1. The van der Waals surface area contributed by atoms with Gasteiger partial charge in [0, 0.05) is 45.1 Å². The first-order valence-corrected chi connectivity index (χ1v) is 11.2. The molecule has 3 N–H and O–H groups in total. The lowest BCUT2D eigenvalue weighted by Gasteiger charge is -2.25. The van der Waals surface area contributed by atoms with Crippen molar-refractivity contribution < 1.29 is 18.3 Å². The van der Waals surface area contributed by atoms with Crippen molar-refractivity contribution >= 4 is 28.3 Å². The molecule has 3 rings (SSSR count). The average molecular weight is 432 g/mol. The Balaban J connectivity index is 0.00000280. The summed E-state index contributed by atoms with van der Waals surface area (Å²) < 4.78 is 26.8. The number of hydrogen-bond acceptors (Lipinski definition) is 5. The van der Waals surface area contributed by atoms with Gasteiger partial charge in [-0.3, -0.25) is 4.79 Å². The molecule has 2 atom stereocenters. The second-order valence-electron chi connectivity index (χ2n) is 7.40. The summed E-state index contributed by atoms with van der Waals surface area (Å²) in [4.78, 5) is 12.3. The number of carbonyl (C=O) groups excluding carboxylic acids is 1. The van der Waals surface area contributed by atoms with Gasteiger partial charge in [-0.25, -0.2) is 8.42 Å². The first-order valence-electron chi connectivity index (χ1n) is 9.71. The summed E-state index contributed by atoms with van der Waals surface area (Å²) in [6.45, 7) is 2.95. The van der Waals surface area contributed by atoms with Crippen molar-refractivity contribution in [2.24, 2.45) is 5.92 Å². The maximum Gasteiger partial charge on any atom is 0.243 e. The predicted octanol–water partition coefficient (Wildman–Crippen LogP) is 0.912. The minimum Gasteiger partial charge on any atom is -0.391 e. The smallest absolute Gasteiger partial charge is 0.243 e. The zero-order valence-electron chi connectivity index (χ0n) is 16.0. The summed E-state index contributed by atoms with van der Waals surface area (Å²) in [5.41, 5.74) is 0.935. The summed E-state index contributed by atoms with van der Waals surface area (Å²) in [5.74, 6) is 0.00680. The molecule has 2 fully saturated rings. The van der Waals surface area contributed by atoms with Gasteiger partial charge < -0.3 is 15.7 Å². The van der Waals surface area contributed by atoms with Gasteiger partial charge in [-0.1, -0.05) is 18.6 Å². The molecule has 2 aliphatic heterocycles. The van der Waals surface area contributed by atoms with Gasteiger partial charge in [0.2, 0.25) is 15.9 Å². The molecule has 9 heteroatoms. The average Bonchev–Trinajstić information content (AvgIpc) is 3.10. The number of rotatable bonds is 7. The van der Waals surface area contributed by atoms with Crippen LogP contribution in [0.3, 0.4) is 0 Å². The number of hydrogen-bond donors (Lipinski definition) is 3. The number of aliphatic hydroxyl groups excluding tert-OH is 1. The Morgan fingerprint density at radius 3 is 2.43 bits per heavy atom. The van der Waals surface area contributed by atoms with Gasteiger partial charge >= 0.3 is 0 Å². The normalized spacial score (nSPS) is 23.2. The molecule has 2 heterocycles. The van der Waals surface area contributed by atoms with E-state index in [4.69, 9.17) is 0 Å². The number of aliphatic hydroxyl groups is 1. The highest BCUT2D eigenvalue weighted by Gasteiger charge is 2.26. The number of piperidine rings is 1. The lowest BCUT2D eigenvalue weighted by atomic mass is 10.1. The first kappa shape index (κ1) is 23.1. The van der Waals surface area contributed by atoms with Gasteiger partial charge in [-0.2, -0.15) is 4.31 Å². The molecule has 1 aromatic rings. The third kappa shape index (κ3) is 5.90. The Bertz CT molecular complexity index is 736. The van der Waals surface area contributed by atoms with Crippen LogP contribution in [0.4, 0.5) is 0 Å². The van der Waals surface area contributed by atoms with E-state index in [0.717, 1.165) is 24.8 Å². The lowest BCUT2D eigenvalue weighted by molar-refractivity contribution is -0.121. The second-order valence-corrected chi connectivity index (χ2v) is 9.34. The summed E-state index contributed by atoms with van der Waals surface area (Å²) in [6, 6.07) is 6.85. The summed E-state index contributed by atoms with van der Waals surface area (Å²) >= 11 is 0. The van der Waals surface area contributed by atoms with Gasteiger partial charge in [-0.15, -0.1) is 12.4 Å². The van der Waals surface area contributed by atoms with Crippen molar-refractivity contribution in [3.8, 4) is 0 Å². The standard InChI is InChI=1S/C19H29N3O4S.ClH/c23-18-14-20-12-16(18)13-21-19(24)9-6-15-4-7-17(8-5-15)27(25,26)22-10-2-1-3-11-22;/h4-5,7-8,16,18,20,23H,1-3,6,9-14H2,(H,21,24);1H. The molecule has 1 aromatic carbocycles. The Hall–Kier alpha value is -1.19. The zero-order chi connectivity index (χ0) is 19.3. The van der Waals surface area contributed by atoms with Crippen LogP contribution in [0.5, 0.6) is 0 Å². The minimum atomic E-state index is -3.41. The van der Waals surface area contributed by atoms with E-state index in [1.54, 1.807) is 28.6 Å². The quantitative estimate of drug-likeness (QED) is 0.596. The van der Waals surface area contributed by atoms with Gasteiger partial charge in [0.1, 0.15) is 0 Å².